The molecule has 0 saturated heterocycles. The second-order valence-corrected chi connectivity index (χ2v) is 36.0. The van der Waals surface area contributed by atoms with Gasteiger partial charge in [0.1, 0.15) is 16.9 Å². The fourth-order valence-electron chi connectivity index (χ4n) is 13.0. The minimum atomic E-state index is -4.54. The lowest BCUT2D eigenvalue weighted by molar-refractivity contribution is -0.166. The molecule has 39 heteroatoms. The fourth-order valence-corrected chi connectivity index (χ4v) is 14.3. The number of alkyl halides is 9. The first kappa shape index (κ1) is 111. The second kappa shape index (κ2) is 52.4. The van der Waals surface area contributed by atoms with Gasteiger partial charge in [-0.25, -0.2) is 5.48 Å². The average Bonchev–Trinajstić information content (AvgIpc) is 1.59. The first-order valence-corrected chi connectivity index (χ1v) is 46.3. The molecular formula is C93H126F9N11O17S2. The number of ketones is 1. The molecule has 12 unspecified atom stereocenters. The van der Waals surface area contributed by atoms with Gasteiger partial charge in [-0.2, -0.15) is 49.7 Å². The van der Waals surface area contributed by atoms with E-state index in [1.807, 2.05) is 69.2 Å². The van der Waals surface area contributed by atoms with Gasteiger partial charge >= 0.3 is 35.5 Å². The van der Waals surface area contributed by atoms with Gasteiger partial charge < -0.3 is 80.0 Å². The van der Waals surface area contributed by atoms with Crippen LogP contribution < -0.4 is 5.48 Å². The van der Waals surface area contributed by atoms with Crippen molar-refractivity contribution in [2.24, 2.45) is 50.9 Å². The van der Waals surface area contributed by atoms with Gasteiger partial charge in [-0.3, -0.25) is 14.8 Å². The van der Waals surface area contributed by atoms with Crippen LogP contribution in [0, 0.1) is 0 Å². The van der Waals surface area contributed by atoms with Crippen molar-refractivity contribution in [3.63, 3.8) is 0 Å². The van der Waals surface area contributed by atoms with Gasteiger partial charge in [-0.15, -0.1) is 30.7 Å². The number of ether oxygens (including phenoxy) is 5. The molecule has 730 valence electrons. The predicted molar refractivity (Wildman–Crippen MR) is 482 cm³/mol. The van der Waals surface area contributed by atoms with E-state index >= 15 is 0 Å². The molecule has 28 nitrogen and oxygen atoms in total. The fraction of sp³-hybridized carbons (Fsp3) is 0.581. The van der Waals surface area contributed by atoms with Crippen LogP contribution in [0.15, 0.2) is 196 Å². The van der Waals surface area contributed by atoms with Gasteiger partial charge in [0.05, 0.1) is 127 Å². The molecule has 0 aliphatic carbocycles. The normalized spacial score (nSPS) is 19.6. The number of hydroxylamine groups is 1. The summed E-state index contributed by atoms with van der Waals surface area (Å²) >= 11 is 0. The highest BCUT2D eigenvalue weighted by Gasteiger charge is 2.67. The lowest BCUT2D eigenvalue weighted by Gasteiger charge is -2.16. The smallest absolute Gasteiger partial charge is 0.391 e. The second-order valence-electron chi connectivity index (χ2n) is 33.4. The van der Waals surface area contributed by atoms with Crippen molar-refractivity contribution in [3.8, 4) is 0 Å². The number of aliphatic hydroxyl groups excluding tert-OH is 10. The Morgan fingerprint density at radius 3 is 0.811 bits per heavy atom. The average molecular weight is 1910 g/mol. The number of carbonyl (C=O) groups is 1. The summed E-state index contributed by atoms with van der Waals surface area (Å²) < 4.78 is 143. The SMILES string of the molecule is C.CC1(c2ccc(CCC(O)COCC(O)CCc3ccc(C4(C(F)(F)F)N=N4)cc3)cc2)N=N1.CC1(c2ccc(CCC(O)COCC(O)CNO)cc2)C=N1.CCC(=O)CCC(O)COCC(O)CCc1ccc(C2(C)C=N2)cc1.CCC(O)COCC(O)CCc1ccc(C2(C(F)(F)F)N=N2)cc1.CSSCC(O)COCC(O)CCc1ccc(C2(C(F)(F)F)N=N2)cc1. The molecule has 6 heterocycles. The maximum atomic E-state index is 13.0. The summed E-state index contributed by atoms with van der Waals surface area (Å²) in [5.41, 5.74) is 3.33. The highest BCUT2D eigenvalue weighted by atomic mass is 33.1. The van der Waals surface area contributed by atoms with Gasteiger partial charge in [0.25, 0.3) is 0 Å². The van der Waals surface area contributed by atoms with Crippen LogP contribution in [0.3, 0.4) is 0 Å². The zero-order valence-electron chi connectivity index (χ0n) is 74.1. The van der Waals surface area contributed by atoms with Crippen LogP contribution in [-0.4, -0.2) is 239 Å². The zero-order valence-corrected chi connectivity index (χ0v) is 75.8. The van der Waals surface area contributed by atoms with Crippen LogP contribution in [0.4, 0.5) is 39.5 Å². The van der Waals surface area contributed by atoms with E-state index in [0.717, 1.165) is 46.2 Å². The Balaban J connectivity index is 0.000000227. The zero-order chi connectivity index (χ0) is 95.7. The summed E-state index contributed by atoms with van der Waals surface area (Å²) in [6.45, 7) is 11.1. The number of Topliss-reactive ketones (excluding diaryl/α,β-unsaturated/α-hetero) is 1. The monoisotopic (exact) mass is 1900 g/mol. The van der Waals surface area contributed by atoms with E-state index in [4.69, 9.17) is 28.9 Å². The molecule has 6 aromatic rings. The molecule has 0 aromatic heterocycles. The van der Waals surface area contributed by atoms with Crippen LogP contribution in [-0.2, 0) is 101 Å². The number of rotatable bonds is 54. The molecule has 0 bridgehead atoms. The van der Waals surface area contributed by atoms with Gasteiger partial charge in [0, 0.05) is 59.8 Å². The van der Waals surface area contributed by atoms with Gasteiger partial charge in [-0.1, -0.05) is 188 Å². The molecule has 0 fully saturated rings. The van der Waals surface area contributed by atoms with Crippen molar-refractivity contribution < 1.29 is 124 Å². The lowest BCUT2D eigenvalue weighted by Crippen LogP contribution is -2.30. The summed E-state index contributed by atoms with van der Waals surface area (Å²) in [6.07, 6.45) is -5.70. The van der Waals surface area contributed by atoms with Crippen molar-refractivity contribution in [1.29, 1.82) is 0 Å². The van der Waals surface area contributed by atoms with E-state index in [0.29, 0.717) is 95.6 Å². The summed E-state index contributed by atoms with van der Waals surface area (Å²) in [7, 11) is 3.09. The number of hydrogen-bond donors (Lipinski definition) is 12. The third kappa shape index (κ3) is 36.6. The first-order valence-electron chi connectivity index (χ1n) is 43.5. The van der Waals surface area contributed by atoms with Gasteiger partial charge in [-0.05, 0) is 161 Å². The number of nitrogens with one attached hydrogen (secondary N) is 1. The number of aliphatic hydroxyl groups is 10. The molecular weight excluding hydrogens is 1780 g/mol. The van der Waals surface area contributed by atoms with E-state index in [-0.39, 0.29) is 114 Å². The van der Waals surface area contributed by atoms with E-state index in [9.17, 15) is 95.4 Å². The molecule has 0 saturated carbocycles. The highest BCUT2D eigenvalue weighted by molar-refractivity contribution is 8.76. The van der Waals surface area contributed by atoms with Crippen LogP contribution in [0.1, 0.15) is 173 Å². The van der Waals surface area contributed by atoms with E-state index in [2.05, 4.69) is 113 Å². The summed E-state index contributed by atoms with van der Waals surface area (Å²) in [6, 6.07) is 42.3. The summed E-state index contributed by atoms with van der Waals surface area (Å²) in [4.78, 5) is 19.7. The van der Waals surface area contributed by atoms with E-state index in [1.165, 1.54) is 63.9 Å². The van der Waals surface area contributed by atoms with Crippen molar-refractivity contribution in [2.75, 3.05) is 84.6 Å². The number of carbonyl (C=O) groups excluding carboxylic acids is 1. The Bertz CT molecular complexity index is 4560. The lowest BCUT2D eigenvalue weighted by atomic mass is 9.97. The maximum Gasteiger partial charge on any atom is 0.442 e. The first-order chi connectivity index (χ1) is 62.1. The van der Waals surface area contributed by atoms with Crippen molar-refractivity contribution in [1.82, 2.24) is 5.48 Å². The topological polar surface area (TPSA) is 421 Å². The quantitative estimate of drug-likeness (QED) is 0.00958. The standard InChI is InChI=1S/C24H27F3N4O3.C20H29NO4.C16H21F3N2O3S2.C16H21F3N2O3.C16H24N2O4.CH4/c1-22(28-29-22)18-8-2-16(3-9-18)6-12-20(32)14-34-15-21(33)13-7-17-4-10-19(11-5-17)23(30-31-23)24(25,26)27;1-3-17(22)10-11-19(24)13-25-12-18(23)9-6-15-4-7-16(8-5-15)20(2)14-21-20;1-25-26-10-14(23)9-24-8-13(22)7-4-11-2-5-12(6-3-11)15(20-21-15)16(17,18)19;1-2-13(22)9-24-10-14(23)8-5-11-3-6-12(7-4-11)15(20-21-15)16(17,18)19;1-16(11-17-16)13-5-2-12(3-6-13)4-7-14(19)9-22-10-15(20)8-18-21;/h2-5,8-11,20-21,32-33H,6-7,12-15H2,1H3;4-5,7-8,14,18-19,23-24H,3,6,9-13H2,1-2H3;2-3,5-6,13-14,22-23H,4,7-10H2,1H3;3-4,6-7,13-14,22-23H,2,5,8-10H2,1H3;2-3,5-6,11,14-15,18-21H,4,7-10H2,1H3;1H4. The number of halogens is 9. The minimum Gasteiger partial charge on any atom is -0.391 e. The predicted octanol–water partition coefficient (Wildman–Crippen LogP) is 15.0. The molecule has 6 aromatic carbocycles. The van der Waals surface area contributed by atoms with Crippen molar-refractivity contribution in [3.05, 3.63) is 212 Å². The molecule has 0 amide bonds. The van der Waals surface area contributed by atoms with Crippen molar-refractivity contribution in [2.45, 2.75) is 258 Å². The van der Waals surface area contributed by atoms with Gasteiger partial charge in [0.2, 0.25) is 5.66 Å². The van der Waals surface area contributed by atoms with Crippen LogP contribution in [0.25, 0.3) is 0 Å². The molecule has 0 spiro atoms. The van der Waals surface area contributed by atoms with E-state index < -0.39 is 102 Å². The molecule has 6 aliphatic heterocycles. The van der Waals surface area contributed by atoms with E-state index in [1.54, 1.807) is 47.2 Å². The van der Waals surface area contributed by atoms with Crippen LogP contribution in [0.2, 0.25) is 0 Å². The maximum absolute atomic E-state index is 13.0. The van der Waals surface area contributed by atoms with Crippen LogP contribution in [0.5, 0.6) is 0 Å². The number of aryl methyl sites for hydroxylation is 6. The van der Waals surface area contributed by atoms with Gasteiger partial charge in [0.15, 0.2) is 0 Å². The Morgan fingerprint density at radius 1 is 0.356 bits per heavy atom. The van der Waals surface area contributed by atoms with Crippen LogP contribution >= 0.6 is 21.6 Å². The number of benzene rings is 6. The highest BCUT2D eigenvalue weighted by Crippen LogP contribution is 2.55. The molecule has 0 radical (unpaired) electrons. The largest absolute Gasteiger partial charge is 0.442 e. The third-order valence-electron chi connectivity index (χ3n) is 22.2. The molecule has 12 rings (SSSR count). The molecule has 12 atom stereocenters. The molecule has 132 heavy (non-hydrogen) atoms. The van der Waals surface area contributed by atoms with Crippen molar-refractivity contribution >= 4 is 39.8 Å². The molecule has 6 aliphatic rings. The Morgan fingerprint density at radius 2 is 0.591 bits per heavy atom. The number of hydrogen-bond acceptors (Lipinski definition) is 30. The minimum absolute atomic E-state index is 0. The summed E-state index contributed by atoms with van der Waals surface area (Å²) in [5.74, 6) is 0.703. The third-order valence-corrected chi connectivity index (χ3v) is 24.1. The summed E-state index contributed by atoms with van der Waals surface area (Å²) in [5, 5.41) is 133. The Kier molecular flexibility index (Phi) is 44.1. The molecule has 12 N–H and O–H groups in total. The number of aliphatic imine (C=N–C) groups is 2. The number of nitrogens with zero attached hydrogens (tertiary/aromatic N) is 10. The Hall–Kier alpha value is -7.88. The Labute approximate surface area is 771 Å².